The Hall–Kier alpha value is -3.22. The van der Waals surface area contributed by atoms with Crippen LogP contribution in [0.1, 0.15) is 5.56 Å². The summed E-state index contributed by atoms with van der Waals surface area (Å²) >= 11 is 1.75. The van der Waals surface area contributed by atoms with Crippen molar-refractivity contribution in [2.45, 2.75) is 5.75 Å². The van der Waals surface area contributed by atoms with Crippen molar-refractivity contribution in [1.82, 2.24) is 14.9 Å². The lowest BCUT2D eigenvalue weighted by atomic mass is 10.2. The summed E-state index contributed by atoms with van der Waals surface area (Å²) in [6, 6.07) is 28.7. The van der Waals surface area contributed by atoms with Gasteiger partial charge in [0.15, 0.2) is 16.8 Å². The molecular weight excluding hydrogens is 416 g/mol. The molecule has 0 aliphatic carbocycles. The monoisotopic (exact) mass is 440 g/mol. The molecule has 6 heteroatoms. The molecular formula is C26H24N4OS. The van der Waals surface area contributed by atoms with Gasteiger partial charge in [-0.1, -0.05) is 84.6 Å². The van der Waals surface area contributed by atoms with Crippen molar-refractivity contribution >= 4 is 33.7 Å². The van der Waals surface area contributed by atoms with E-state index in [1.165, 1.54) is 5.56 Å². The number of thioether (sulfide) groups is 1. The molecule has 160 valence electrons. The number of morpholine rings is 1. The van der Waals surface area contributed by atoms with Crippen LogP contribution >= 0.6 is 11.8 Å². The van der Waals surface area contributed by atoms with Gasteiger partial charge in [-0.3, -0.25) is 0 Å². The van der Waals surface area contributed by atoms with Crippen LogP contribution in [0.15, 0.2) is 89.9 Å². The van der Waals surface area contributed by atoms with Crippen molar-refractivity contribution in [3.05, 3.63) is 90.5 Å². The Morgan fingerprint density at radius 1 is 0.844 bits per heavy atom. The largest absolute Gasteiger partial charge is 0.378 e. The van der Waals surface area contributed by atoms with E-state index in [0.717, 1.165) is 40.5 Å². The number of ether oxygens (including phenoxy) is 1. The Morgan fingerprint density at radius 3 is 2.31 bits per heavy atom. The van der Waals surface area contributed by atoms with E-state index in [9.17, 15) is 0 Å². The summed E-state index contributed by atoms with van der Waals surface area (Å²) in [5.74, 6) is 2.25. The van der Waals surface area contributed by atoms with Crippen LogP contribution in [0, 0.1) is 0 Å². The van der Waals surface area contributed by atoms with Gasteiger partial charge in [0.2, 0.25) is 0 Å². The van der Waals surface area contributed by atoms with Gasteiger partial charge in [0.25, 0.3) is 0 Å². The molecule has 0 N–H and O–H groups in total. The highest BCUT2D eigenvalue weighted by Crippen LogP contribution is 2.29. The van der Waals surface area contributed by atoms with Crippen LogP contribution in [0.4, 0.5) is 5.82 Å². The second-order valence-corrected chi connectivity index (χ2v) is 8.46. The fraction of sp³-hybridized carbons (Fsp3) is 0.192. The first-order chi connectivity index (χ1) is 15.9. The zero-order chi connectivity index (χ0) is 21.6. The highest BCUT2D eigenvalue weighted by atomic mass is 32.2. The highest BCUT2D eigenvalue weighted by molar-refractivity contribution is 8.13. The fourth-order valence-electron chi connectivity index (χ4n) is 3.62. The van der Waals surface area contributed by atoms with E-state index in [-0.39, 0.29) is 0 Å². The Balaban J connectivity index is 1.57. The standard InChI is InChI=1S/C26H24N4OS/c1-3-9-20(10-4-1)19-32-26(30-15-17-31-18-16-30)29-25-22-13-7-8-14-23(22)27-24(28-25)21-11-5-2-6-12-21/h1-14H,15-19H2. The summed E-state index contributed by atoms with van der Waals surface area (Å²) in [5, 5.41) is 1.93. The van der Waals surface area contributed by atoms with Crippen molar-refractivity contribution < 1.29 is 4.74 Å². The first-order valence-corrected chi connectivity index (χ1v) is 11.8. The van der Waals surface area contributed by atoms with Gasteiger partial charge >= 0.3 is 0 Å². The van der Waals surface area contributed by atoms with Gasteiger partial charge in [-0.15, -0.1) is 0 Å². The third kappa shape index (κ3) is 4.82. The molecule has 0 amide bonds. The fourth-order valence-corrected chi connectivity index (χ4v) is 4.63. The van der Waals surface area contributed by atoms with Crippen LogP contribution in [-0.4, -0.2) is 46.3 Å². The first-order valence-electron chi connectivity index (χ1n) is 10.8. The number of hydrogen-bond acceptors (Lipinski definition) is 5. The summed E-state index contributed by atoms with van der Waals surface area (Å²) in [7, 11) is 0. The second kappa shape index (κ2) is 9.94. The third-order valence-corrected chi connectivity index (χ3v) is 6.39. The summed E-state index contributed by atoms with van der Waals surface area (Å²) in [4.78, 5) is 17.1. The Kier molecular flexibility index (Phi) is 6.42. The van der Waals surface area contributed by atoms with Gasteiger partial charge < -0.3 is 9.64 Å². The number of fused-ring (bicyclic) bond motifs is 1. The highest BCUT2D eigenvalue weighted by Gasteiger charge is 2.18. The summed E-state index contributed by atoms with van der Waals surface area (Å²) in [6.07, 6.45) is 0. The molecule has 1 fully saturated rings. The minimum absolute atomic E-state index is 0.692. The molecule has 0 spiro atoms. The van der Waals surface area contributed by atoms with E-state index in [0.29, 0.717) is 24.9 Å². The first kappa shape index (κ1) is 20.7. The van der Waals surface area contributed by atoms with Crippen LogP contribution in [0.5, 0.6) is 0 Å². The number of benzene rings is 3. The van der Waals surface area contributed by atoms with E-state index >= 15 is 0 Å². The Labute approximate surface area is 192 Å². The van der Waals surface area contributed by atoms with E-state index in [1.54, 1.807) is 11.8 Å². The number of hydrogen-bond donors (Lipinski definition) is 0. The molecule has 5 nitrogen and oxygen atoms in total. The maximum atomic E-state index is 5.58. The summed E-state index contributed by atoms with van der Waals surface area (Å²) in [6.45, 7) is 3.08. The zero-order valence-electron chi connectivity index (χ0n) is 17.7. The third-order valence-electron chi connectivity index (χ3n) is 5.31. The number of para-hydroxylation sites is 1. The molecule has 1 aliphatic rings. The molecule has 2 heterocycles. The average Bonchev–Trinajstić information content (AvgIpc) is 2.88. The van der Waals surface area contributed by atoms with Crippen LogP contribution < -0.4 is 0 Å². The minimum atomic E-state index is 0.692. The van der Waals surface area contributed by atoms with E-state index < -0.39 is 0 Å². The quantitative estimate of drug-likeness (QED) is 0.308. The summed E-state index contributed by atoms with van der Waals surface area (Å²) < 4.78 is 5.58. The van der Waals surface area contributed by atoms with Crippen LogP contribution in [0.3, 0.4) is 0 Å². The molecule has 5 rings (SSSR count). The van der Waals surface area contributed by atoms with Crippen LogP contribution in [0.2, 0.25) is 0 Å². The van der Waals surface area contributed by atoms with Crippen molar-refractivity contribution in [3.63, 3.8) is 0 Å². The lowest BCUT2D eigenvalue weighted by Gasteiger charge is -2.29. The molecule has 4 aromatic rings. The molecule has 1 aliphatic heterocycles. The molecule has 0 unspecified atom stereocenters. The predicted molar refractivity (Wildman–Crippen MR) is 132 cm³/mol. The van der Waals surface area contributed by atoms with Crippen molar-refractivity contribution in [1.29, 1.82) is 0 Å². The molecule has 32 heavy (non-hydrogen) atoms. The topological polar surface area (TPSA) is 50.6 Å². The number of rotatable bonds is 4. The predicted octanol–water partition coefficient (Wildman–Crippen LogP) is 5.55. The molecule has 1 saturated heterocycles. The number of aromatic nitrogens is 2. The minimum Gasteiger partial charge on any atom is -0.378 e. The van der Waals surface area contributed by atoms with Crippen molar-refractivity contribution in [2.24, 2.45) is 4.99 Å². The van der Waals surface area contributed by atoms with Crippen LogP contribution in [0.25, 0.3) is 22.3 Å². The van der Waals surface area contributed by atoms with Crippen molar-refractivity contribution in [3.8, 4) is 11.4 Å². The molecule has 0 bridgehead atoms. The van der Waals surface area contributed by atoms with Gasteiger partial charge in [-0.2, -0.15) is 0 Å². The zero-order valence-corrected chi connectivity index (χ0v) is 18.5. The van der Waals surface area contributed by atoms with E-state index in [1.807, 2.05) is 60.7 Å². The maximum absolute atomic E-state index is 5.58. The molecule has 3 aromatic carbocycles. The van der Waals surface area contributed by atoms with Crippen molar-refractivity contribution in [2.75, 3.05) is 26.3 Å². The lowest BCUT2D eigenvalue weighted by Crippen LogP contribution is -2.39. The number of amidine groups is 1. The second-order valence-electron chi connectivity index (χ2n) is 7.52. The van der Waals surface area contributed by atoms with Gasteiger partial charge in [-0.05, 0) is 17.7 Å². The molecule has 0 atom stereocenters. The molecule has 1 aromatic heterocycles. The lowest BCUT2D eigenvalue weighted by molar-refractivity contribution is 0.0693. The van der Waals surface area contributed by atoms with E-state index in [4.69, 9.17) is 19.7 Å². The Bertz CT molecular complexity index is 1210. The van der Waals surface area contributed by atoms with Gasteiger partial charge in [-0.25, -0.2) is 15.0 Å². The Morgan fingerprint density at radius 2 is 1.53 bits per heavy atom. The van der Waals surface area contributed by atoms with Gasteiger partial charge in [0.05, 0.1) is 18.7 Å². The maximum Gasteiger partial charge on any atom is 0.166 e. The smallest absolute Gasteiger partial charge is 0.166 e. The van der Waals surface area contributed by atoms with Crippen LogP contribution in [-0.2, 0) is 10.5 Å². The van der Waals surface area contributed by atoms with E-state index in [2.05, 4.69) is 29.2 Å². The average molecular weight is 441 g/mol. The number of nitrogens with zero attached hydrogens (tertiary/aromatic N) is 4. The molecule has 0 saturated carbocycles. The molecule has 0 radical (unpaired) electrons. The normalized spacial score (nSPS) is 14.6. The summed E-state index contributed by atoms with van der Waals surface area (Å²) in [5.41, 5.74) is 3.16. The SMILES string of the molecule is c1ccc(CSC(=Nc2nc(-c3ccccc3)nc3ccccc23)N2CCOCC2)cc1. The van der Waals surface area contributed by atoms with Gasteiger partial charge in [0, 0.05) is 29.8 Å². The number of aliphatic imine (C=N–C) groups is 1. The van der Waals surface area contributed by atoms with Gasteiger partial charge in [0.1, 0.15) is 0 Å².